The van der Waals surface area contributed by atoms with Crippen molar-refractivity contribution in [2.75, 3.05) is 0 Å². The fraction of sp³-hybridized carbons (Fsp3) is 0.273. The number of benzene rings is 1. The van der Waals surface area contributed by atoms with Crippen LogP contribution in [-0.4, -0.2) is 0 Å². The molecule has 1 nitrogen and oxygen atoms in total. The molecule has 0 heterocycles. The Morgan fingerprint density at radius 3 is 2.79 bits per heavy atom. The van der Waals surface area contributed by atoms with Crippen LogP contribution in [0.25, 0.3) is 0 Å². The van der Waals surface area contributed by atoms with E-state index in [9.17, 15) is 4.39 Å². The maximum atomic E-state index is 13.1. The molecule has 0 aliphatic rings. The van der Waals surface area contributed by atoms with E-state index in [0.29, 0.717) is 6.42 Å². The van der Waals surface area contributed by atoms with Crippen molar-refractivity contribution in [3.63, 3.8) is 0 Å². The molecule has 0 radical (unpaired) electrons. The highest BCUT2D eigenvalue weighted by molar-refractivity contribution is 6.30. The highest BCUT2D eigenvalue weighted by Crippen LogP contribution is 2.22. The molecule has 3 heteroatoms. The molecular formula is C11H13ClFN. The summed E-state index contributed by atoms with van der Waals surface area (Å²) in [5, 5.41) is 0.122. The molecule has 0 bridgehead atoms. The largest absolute Gasteiger partial charge is 0.324 e. The second-order valence-corrected chi connectivity index (χ2v) is 3.85. The lowest BCUT2D eigenvalue weighted by Crippen LogP contribution is -2.10. The van der Waals surface area contributed by atoms with Crippen LogP contribution in [0.15, 0.2) is 30.4 Å². The van der Waals surface area contributed by atoms with Crippen LogP contribution in [-0.2, 0) is 0 Å². The van der Waals surface area contributed by atoms with Crippen molar-refractivity contribution in [3.05, 3.63) is 46.8 Å². The monoisotopic (exact) mass is 213 g/mol. The summed E-state index contributed by atoms with van der Waals surface area (Å²) < 4.78 is 13.1. The molecule has 0 aliphatic carbocycles. The van der Waals surface area contributed by atoms with Crippen molar-refractivity contribution in [1.29, 1.82) is 0 Å². The Labute approximate surface area is 88.4 Å². The lowest BCUT2D eigenvalue weighted by Gasteiger charge is -2.11. The normalized spacial score (nSPS) is 12.6. The van der Waals surface area contributed by atoms with E-state index in [1.807, 2.05) is 6.92 Å². The van der Waals surface area contributed by atoms with Crippen LogP contribution < -0.4 is 5.73 Å². The number of hydrogen-bond donors (Lipinski definition) is 1. The fourth-order valence-corrected chi connectivity index (χ4v) is 1.35. The van der Waals surface area contributed by atoms with Crippen LogP contribution in [0.2, 0.25) is 5.02 Å². The van der Waals surface area contributed by atoms with Gasteiger partial charge < -0.3 is 5.73 Å². The van der Waals surface area contributed by atoms with Gasteiger partial charge in [0.25, 0.3) is 0 Å². The van der Waals surface area contributed by atoms with Gasteiger partial charge in [0.15, 0.2) is 0 Å². The predicted octanol–water partition coefficient (Wildman–Crippen LogP) is 3.45. The molecule has 0 aromatic heterocycles. The van der Waals surface area contributed by atoms with Crippen molar-refractivity contribution >= 4 is 11.6 Å². The lowest BCUT2D eigenvalue weighted by atomic mass is 10.0. The van der Waals surface area contributed by atoms with Crippen molar-refractivity contribution in [2.45, 2.75) is 19.4 Å². The molecule has 1 aromatic rings. The molecule has 1 rings (SSSR count). The van der Waals surface area contributed by atoms with Gasteiger partial charge in [0, 0.05) is 6.04 Å². The average molecular weight is 214 g/mol. The van der Waals surface area contributed by atoms with E-state index in [2.05, 4.69) is 6.58 Å². The maximum absolute atomic E-state index is 13.1. The molecule has 0 saturated heterocycles. The summed E-state index contributed by atoms with van der Waals surface area (Å²) in [6, 6.07) is 4.42. The first-order valence-electron chi connectivity index (χ1n) is 4.35. The van der Waals surface area contributed by atoms with Gasteiger partial charge in [0.05, 0.1) is 5.02 Å². The molecule has 0 unspecified atom stereocenters. The summed E-state index contributed by atoms with van der Waals surface area (Å²) in [7, 11) is 0. The van der Waals surface area contributed by atoms with Crippen LogP contribution >= 0.6 is 11.6 Å². The molecule has 1 atom stereocenters. The van der Waals surface area contributed by atoms with Crippen molar-refractivity contribution in [1.82, 2.24) is 0 Å². The fourth-order valence-electron chi connectivity index (χ4n) is 1.24. The van der Waals surface area contributed by atoms with Gasteiger partial charge >= 0.3 is 0 Å². The third-order valence-electron chi connectivity index (χ3n) is 1.94. The van der Waals surface area contributed by atoms with E-state index in [0.717, 1.165) is 11.1 Å². The zero-order valence-corrected chi connectivity index (χ0v) is 8.81. The predicted molar refractivity (Wildman–Crippen MR) is 57.8 cm³/mol. The van der Waals surface area contributed by atoms with Gasteiger partial charge in [-0.05, 0) is 31.0 Å². The highest BCUT2D eigenvalue weighted by Gasteiger charge is 2.08. The van der Waals surface area contributed by atoms with Crippen LogP contribution in [0.1, 0.15) is 24.9 Å². The van der Waals surface area contributed by atoms with E-state index in [1.165, 1.54) is 12.1 Å². The summed E-state index contributed by atoms with van der Waals surface area (Å²) in [6.45, 7) is 5.66. The van der Waals surface area contributed by atoms with Crippen molar-refractivity contribution in [3.8, 4) is 0 Å². The average Bonchev–Trinajstić information content (AvgIpc) is 2.08. The minimum absolute atomic E-state index is 0.122. The molecule has 0 fully saturated rings. The van der Waals surface area contributed by atoms with Gasteiger partial charge in [-0.25, -0.2) is 4.39 Å². The van der Waals surface area contributed by atoms with E-state index < -0.39 is 5.82 Å². The zero-order chi connectivity index (χ0) is 10.7. The summed E-state index contributed by atoms with van der Waals surface area (Å²) in [5.74, 6) is -0.429. The Morgan fingerprint density at radius 2 is 2.29 bits per heavy atom. The minimum Gasteiger partial charge on any atom is -0.324 e. The van der Waals surface area contributed by atoms with Gasteiger partial charge in [0.1, 0.15) is 5.82 Å². The second kappa shape index (κ2) is 4.58. The summed E-state index contributed by atoms with van der Waals surface area (Å²) >= 11 is 5.56. The maximum Gasteiger partial charge on any atom is 0.142 e. The molecule has 0 aliphatic heterocycles. The summed E-state index contributed by atoms with van der Waals surface area (Å²) in [4.78, 5) is 0. The topological polar surface area (TPSA) is 26.0 Å². The van der Waals surface area contributed by atoms with Crippen LogP contribution in [0.5, 0.6) is 0 Å². The SMILES string of the molecule is C=C(C)C[C@@H](N)c1ccc(Cl)c(F)c1. The standard InChI is InChI=1S/C11H13ClFN/c1-7(2)5-11(14)8-3-4-9(12)10(13)6-8/h3-4,6,11H,1,5,14H2,2H3/t11-/m1/s1. The molecule has 0 amide bonds. The zero-order valence-electron chi connectivity index (χ0n) is 8.06. The van der Waals surface area contributed by atoms with Crippen molar-refractivity contribution in [2.24, 2.45) is 5.73 Å². The minimum atomic E-state index is -0.429. The van der Waals surface area contributed by atoms with Crippen LogP contribution in [0.3, 0.4) is 0 Å². The van der Waals surface area contributed by atoms with Crippen LogP contribution in [0, 0.1) is 5.82 Å². The summed E-state index contributed by atoms with van der Waals surface area (Å²) in [6.07, 6.45) is 0.654. The second-order valence-electron chi connectivity index (χ2n) is 3.44. The first-order valence-corrected chi connectivity index (χ1v) is 4.73. The van der Waals surface area contributed by atoms with Gasteiger partial charge in [-0.2, -0.15) is 0 Å². The molecule has 1 aromatic carbocycles. The third-order valence-corrected chi connectivity index (χ3v) is 2.25. The third kappa shape index (κ3) is 2.82. The Morgan fingerprint density at radius 1 is 1.64 bits per heavy atom. The van der Waals surface area contributed by atoms with Gasteiger partial charge in [0.2, 0.25) is 0 Å². The number of halogens is 2. The molecular weight excluding hydrogens is 201 g/mol. The quantitative estimate of drug-likeness (QED) is 0.765. The van der Waals surface area contributed by atoms with Gasteiger partial charge in [-0.15, -0.1) is 6.58 Å². The van der Waals surface area contributed by atoms with Gasteiger partial charge in [-0.1, -0.05) is 23.2 Å². The molecule has 2 N–H and O–H groups in total. The highest BCUT2D eigenvalue weighted by atomic mass is 35.5. The van der Waals surface area contributed by atoms with E-state index in [-0.39, 0.29) is 11.1 Å². The Kier molecular flexibility index (Phi) is 3.67. The number of hydrogen-bond acceptors (Lipinski definition) is 1. The number of rotatable bonds is 3. The Balaban J connectivity index is 2.85. The number of nitrogens with two attached hydrogens (primary N) is 1. The van der Waals surface area contributed by atoms with E-state index in [1.54, 1.807) is 6.07 Å². The molecule has 0 spiro atoms. The van der Waals surface area contributed by atoms with Crippen molar-refractivity contribution < 1.29 is 4.39 Å². The molecule has 76 valence electrons. The summed E-state index contributed by atoms with van der Waals surface area (Å²) in [5.41, 5.74) is 7.57. The Hall–Kier alpha value is -0.860. The lowest BCUT2D eigenvalue weighted by molar-refractivity contribution is 0.618. The molecule has 14 heavy (non-hydrogen) atoms. The first-order chi connectivity index (χ1) is 6.50. The van der Waals surface area contributed by atoms with Gasteiger partial charge in [-0.3, -0.25) is 0 Å². The van der Waals surface area contributed by atoms with Crippen LogP contribution in [0.4, 0.5) is 4.39 Å². The molecule has 0 saturated carbocycles. The van der Waals surface area contributed by atoms with E-state index >= 15 is 0 Å². The smallest absolute Gasteiger partial charge is 0.142 e. The Bertz CT molecular complexity index is 349. The first kappa shape index (κ1) is 11.2. The van der Waals surface area contributed by atoms with E-state index in [4.69, 9.17) is 17.3 Å².